The molecule has 4 heterocycles. The maximum atomic E-state index is 13.9. The Kier molecular flexibility index (Phi) is 9.03. The highest BCUT2D eigenvalue weighted by Gasteiger charge is 2.35. The number of benzene rings is 1. The van der Waals surface area contributed by atoms with Gasteiger partial charge in [0.05, 0.1) is 34.1 Å². The van der Waals surface area contributed by atoms with Crippen LogP contribution in [0.25, 0.3) is 21.3 Å². The number of aryl methyl sites for hydroxylation is 3. The Bertz CT molecular complexity index is 1810. The average Bonchev–Trinajstić information content (AvgIpc) is 3.44. The number of nitrogens with zero attached hydrogens (tertiary/aromatic N) is 4. The zero-order chi connectivity index (χ0) is 31.9. The van der Waals surface area contributed by atoms with Gasteiger partial charge in [-0.15, -0.1) is 11.3 Å². The molecule has 3 aromatic heterocycles. The van der Waals surface area contributed by atoms with Gasteiger partial charge in [-0.2, -0.15) is 0 Å². The highest BCUT2D eigenvalue weighted by atomic mass is 35.5. The third-order valence-corrected chi connectivity index (χ3v) is 10.5. The van der Waals surface area contributed by atoms with Gasteiger partial charge in [-0.3, -0.25) is 14.3 Å². The molecule has 0 radical (unpaired) electrons. The standard InChI is InChI=1S/C34H39ClN4O5S/c1-20-15-25(31-30(36-20)27(18-45-31)33(41)42)24-16-22(35)5-6-29(24)44-14-13-39-21(2)37-28-7-10-34(3,17-26(28)32(39)40)19-38-11-8-23(43-4)9-12-38/h5-6,15-16,18,23H,7-14,17,19H2,1-4H3,(H,41,42)/t34-/m1/s1. The van der Waals surface area contributed by atoms with Crippen LogP contribution in [0.15, 0.2) is 34.4 Å². The maximum absolute atomic E-state index is 13.9. The van der Waals surface area contributed by atoms with Gasteiger partial charge in [-0.1, -0.05) is 18.5 Å². The van der Waals surface area contributed by atoms with Gasteiger partial charge >= 0.3 is 5.97 Å². The van der Waals surface area contributed by atoms with Crippen LogP contribution in [0.4, 0.5) is 0 Å². The molecule has 1 aromatic carbocycles. The number of hydrogen-bond acceptors (Lipinski definition) is 8. The Morgan fingerprint density at radius 1 is 1.18 bits per heavy atom. The van der Waals surface area contributed by atoms with E-state index >= 15 is 0 Å². The molecule has 1 fully saturated rings. The zero-order valence-corrected chi connectivity index (χ0v) is 27.8. The lowest BCUT2D eigenvalue weighted by Crippen LogP contribution is -2.46. The minimum atomic E-state index is -1.01. The Labute approximate surface area is 271 Å². The monoisotopic (exact) mass is 650 g/mol. The summed E-state index contributed by atoms with van der Waals surface area (Å²) in [7, 11) is 1.79. The summed E-state index contributed by atoms with van der Waals surface area (Å²) in [5.74, 6) is 0.271. The van der Waals surface area contributed by atoms with E-state index in [1.807, 2.05) is 32.0 Å². The van der Waals surface area contributed by atoms with Crippen LogP contribution in [0, 0.1) is 19.3 Å². The Balaban J connectivity index is 1.21. The molecule has 1 aliphatic heterocycles. The number of methoxy groups -OCH3 is 1. The zero-order valence-electron chi connectivity index (χ0n) is 26.2. The number of aromatic nitrogens is 3. The van der Waals surface area contributed by atoms with E-state index in [1.165, 1.54) is 11.3 Å². The lowest BCUT2D eigenvalue weighted by atomic mass is 9.74. The molecule has 0 spiro atoms. The van der Waals surface area contributed by atoms with E-state index in [9.17, 15) is 14.7 Å². The van der Waals surface area contributed by atoms with Gasteiger partial charge in [0.25, 0.3) is 5.56 Å². The topological polar surface area (TPSA) is 107 Å². The summed E-state index contributed by atoms with van der Waals surface area (Å²) >= 11 is 7.76. The quantitative estimate of drug-likeness (QED) is 0.229. The fraction of sp³-hybridized carbons (Fsp3) is 0.471. The second-order valence-corrected chi connectivity index (χ2v) is 14.0. The van der Waals surface area contributed by atoms with Gasteiger partial charge in [0, 0.05) is 59.5 Å². The van der Waals surface area contributed by atoms with E-state index in [1.54, 1.807) is 23.1 Å². The molecule has 0 saturated carbocycles. The Morgan fingerprint density at radius 2 is 1.96 bits per heavy atom. The van der Waals surface area contributed by atoms with Crippen LogP contribution in [-0.4, -0.2) is 70.0 Å². The van der Waals surface area contributed by atoms with Crippen molar-refractivity contribution in [1.29, 1.82) is 0 Å². The molecule has 45 heavy (non-hydrogen) atoms. The first kappa shape index (κ1) is 31.7. The SMILES string of the molecule is COC1CCN(C[C@]2(C)CCc3nc(C)n(CCOc4ccc(Cl)cc4-c4cc(C)nc5c(C(=O)O)csc45)c(=O)c3C2)CC1. The molecule has 1 saturated heterocycles. The van der Waals surface area contributed by atoms with Crippen LogP contribution in [0.2, 0.25) is 5.02 Å². The summed E-state index contributed by atoms with van der Waals surface area (Å²) in [4.78, 5) is 37.6. The first-order valence-electron chi connectivity index (χ1n) is 15.4. The largest absolute Gasteiger partial charge is 0.491 e. The van der Waals surface area contributed by atoms with Gasteiger partial charge in [-0.05, 0) is 75.6 Å². The summed E-state index contributed by atoms with van der Waals surface area (Å²) in [5, 5.41) is 11.8. The van der Waals surface area contributed by atoms with Crippen molar-refractivity contribution in [2.75, 3.05) is 33.4 Å². The van der Waals surface area contributed by atoms with Gasteiger partial charge in [0.15, 0.2) is 0 Å². The average molecular weight is 651 g/mol. The summed E-state index contributed by atoms with van der Waals surface area (Å²) < 4.78 is 14.3. The molecule has 1 atom stereocenters. The van der Waals surface area contributed by atoms with Crippen molar-refractivity contribution >= 4 is 39.1 Å². The molecule has 1 aliphatic carbocycles. The number of carboxylic acids is 1. The van der Waals surface area contributed by atoms with Crippen molar-refractivity contribution in [2.45, 2.75) is 65.5 Å². The fourth-order valence-corrected chi connectivity index (χ4v) is 8.07. The molecule has 2 aliphatic rings. The van der Waals surface area contributed by atoms with Crippen LogP contribution in [-0.2, 0) is 24.1 Å². The molecule has 4 aromatic rings. The molecule has 1 N–H and O–H groups in total. The summed E-state index contributed by atoms with van der Waals surface area (Å²) in [6, 6.07) is 7.31. The molecule has 6 rings (SSSR count). The molecular weight excluding hydrogens is 612 g/mol. The van der Waals surface area contributed by atoms with Crippen LogP contribution in [0.3, 0.4) is 0 Å². The van der Waals surface area contributed by atoms with Crippen molar-refractivity contribution in [3.05, 3.63) is 73.4 Å². The first-order chi connectivity index (χ1) is 21.5. The van der Waals surface area contributed by atoms with E-state index in [-0.39, 0.29) is 23.1 Å². The van der Waals surface area contributed by atoms with Crippen LogP contribution < -0.4 is 10.3 Å². The maximum Gasteiger partial charge on any atom is 0.338 e. The smallest absolute Gasteiger partial charge is 0.338 e. The number of carbonyl (C=O) groups is 1. The number of rotatable bonds is 9. The molecular formula is C34H39ClN4O5S. The van der Waals surface area contributed by atoms with E-state index < -0.39 is 5.97 Å². The third-order valence-electron chi connectivity index (χ3n) is 9.27. The number of thiophene rings is 1. The number of halogens is 1. The van der Waals surface area contributed by atoms with Crippen molar-refractivity contribution in [2.24, 2.45) is 5.41 Å². The number of likely N-dealkylation sites (tertiary alicyclic amines) is 1. The molecule has 11 heteroatoms. The lowest BCUT2D eigenvalue weighted by Gasteiger charge is -2.41. The molecule has 0 unspecified atom stereocenters. The minimum absolute atomic E-state index is 0.0197. The van der Waals surface area contributed by atoms with Crippen LogP contribution >= 0.6 is 22.9 Å². The van der Waals surface area contributed by atoms with Crippen LogP contribution in [0.1, 0.15) is 59.3 Å². The Morgan fingerprint density at radius 3 is 2.69 bits per heavy atom. The van der Waals surface area contributed by atoms with Crippen molar-refractivity contribution in [1.82, 2.24) is 19.4 Å². The van der Waals surface area contributed by atoms with Crippen LogP contribution in [0.5, 0.6) is 5.75 Å². The number of hydrogen-bond donors (Lipinski definition) is 1. The van der Waals surface area contributed by atoms with Crippen molar-refractivity contribution in [3.63, 3.8) is 0 Å². The summed E-state index contributed by atoms with van der Waals surface area (Å²) in [6.07, 6.45) is 5.00. The minimum Gasteiger partial charge on any atom is -0.491 e. The summed E-state index contributed by atoms with van der Waals surface area (Å²) in [6.45, 7) is 9.65. The second-order valence-electron chi connectivity index (χ2n) is 12.7. The van der Waals surface area contributed by atoms with Crippen molar-refractivity contribution < 1.29 is 19.4 Å². The number of piperidine rings is 1. The van der Waals surface area contributed by atoms with E-state index in [4.69, 9.17) is 26.1 Å². The lowest BCUT2D eigenvalue weighted by molar-refractivity contribution is 0.0259. The number of pyridine rings is 1. The molecule has 0 amide bonds. The third kappa shape index (κ3) is 6.52. The predicted molar refractivity (Wildman–Crippen MR) is 177 cm³/mol. The van der Waals surface area contributed by atoms with Gasteiger partial charge in [-0.25, -0.2) is 9.78 Å². The molecule has 238 valence electrons. The van der Waals surface area contributed by atoms with E-state index in [0.717, 1.165) is 78.8 Å². The number of ether oxygens (including phenoxy) is 2. The predicted octanol–water partition coefficient (Wildman–Crippen LogP) is 6.17. The molecule has 9 nitrogen and oxygen atoms in total. The number of carboxylic acid groups (broad SMARTS) is 1. The van der Waals surface area contributed by atoms with E-state index in [0.29, 0.717) is 40.5 Å². The Hall–Kier alpha value is -3.31. The highest BCUT2D eigenvalue weighted by Crippen LogP contribution is 2.40. The summed E-state index contributed by atoms with van der Waals surface area (Å²) in [5.41, 5.74) is 4.66. The number of fused-ring (bicyclic) bond motifs is 2. The van der Waals surface area contributed by atoms with E-state index in [2.05, 4.69) is 16.8 Å². The second kappa shape index (κ2) is 12.8. The fourth-order valence-electron chi connectivity index (χ4n) is 6.89. The van der Waals surface area contributed by atoms with Gasteiger partial charge < -0.3 is 19.5 Å². The van der Waals surface area contributed by atoms with Gasteiger partial charge in [0.1, 0.15) is 18.2 Å². The molecule has 0 bridgehead atoms. The first-order valence-corrected chi connectivity index (χ1v) is 16.7. The highest BCUT2D eigenvalue weighted by molar-refractivity contribution is 7.18. The van der Waals surface area contributed by atoms with Gasteiger partial charge in [0.2, 0.25) is 0 Å². The normalized spacial score (nSPS) is 19.1. The van der Waals surface area contributed by atoms with Crippen molar-refractivity contribution in [3.8, 4) is 16.9 Å². The number of aromatic carboxylic acids is 1.